The van der Waals surface area contributed by atoms with Gasteiger partial charge in [-0.05, 0) is 51.3 Å². The van der Waals surface area contributed by atoms with Gasteiger partial charge in [0, 0.05) is 11.3 Å². The quantitative estimate of drug-likeness (QED) is 0.489. The number of aryl methyl sites for hydroxylation is 3. The molecule has 0 fully saturated rings. The van der Waals surface area contributed by atoms with Gasteiger partial charge in [-0.2, -0.15) is 0 Å². The van der Waals surface area contributed by atoms with Crippen molar-refractivity contribution in [3.8, 4) is 5.75 Å². The standard InChI is InChI=1S/C21H27NO4S/c1-5-16-13-17(21(24)25-6-2)20(27-16)22-19(23)8-7-11-26-18-10-9-14(3)12-15(18)4/h9-10,12-13H,5-8,11H2,1-4H3,(H,22,23). The number of anilines is 1. The van der Waals surface area contributed by atoms with Crippen molar-refractivity contribution in [1.82, 2.24) is 0 Å². The predicted molar refractivity (Wildman–Crippen MR) is 109 cm³/mol. The second-order valence-electron chi connectivity index (χ2n) is 6.30. The molecule has 0 aliphatic heterocycles. The Morgan fingerprint density at radius 1 is 1.15 bits per heavy atom. The number of nitrogens with one attached hydrogen (secondary N) is 1. The zero-order valence-electron chi connectivity index (χ0n) is 16.4. The summed E-state index contributed by atoms with van der Waals surface area (Å²) in [4.78, 5) is 25.3. The van der Waals surface area contributed by atoms with Gasteiger partial charge in [0.1, 0.15) is 10.8 Å². The third-order valence-electron chi connectivity index (χ3n) is 4.02. The molecule has 1 N–H and O–H groups in total. The van der Waals surface area contributed by atoms with Crippen LogP contribution in [0.2, 0.25) is 0 Å². The first-order chi connectivity index (χ1) is 12.9. The minimum Gasteiger partial charge on any atom is -0.493 e. The van der Waals surface area contributed by atoms with Crippen LogP contribution in [-0.2, 0) is 16.0 Å². The lowest BCUT2D eigenvalue weighted by atomic mass is 10.1. The molecule has 0 unspecified atom stereocenters. The molecule has 0 radical (unpaired) electrons. The molecule has 1 amide bonds. The monoisotopic (exact) mass is 389 g/mol. The molecule has 0 aliphatic rings. The van der Waals surface area contributed by atoms with Crippen molar-refractivity contribution in [1.29, 1.82) is 0 Å². The van der Waals surface area contributed by atoms with E-state index in [9.17, 15) is 9.59 Å². The Hall–Kier alpha value is -2.34. The molecule has 0 bridgehead atoms. The van der Waals surface area contributed by atoms with Gasteiger partial charge in [-0.3, -0.25) is 4.79 Å². The number of esters is 1. The van der Waals surface area contributed by atoms with Crippen molar-refractivity contribution in [3.05, 3.63) is 45.8 Å². The zero-order valence-corrected chi connectivity index (χ0v) is 17.2. The van der Waals surface area contributed by atoms with Crippen LogP contribution in [0.3, 0.4) is 0 Å². The van der Waals surface area contributed by atoms with E-state index in [0.717, 1.165) is 22.6 Å². The minimum atomic E-state index is -0.401. The van der Waals surface area contributed by atoms with Crippen LogP contribution in [0.5, 0.6) is 5.75 Å². The van der Waals surface area contributed by atoms with Crippen molar-refractivity contribution in [2.75, 3.05) is 18.5 Å². The molecule has 2 rings (SSSR count). The fraction of sp³-hybridized carbons (Fsp3) is 0.429. The summed E-state index contributed by atoms with van der Waals surface area (Å²) in [5.41, 5.74) is 2.71. The Morgan fingerprint density at radius 2 is 1.93 bits per heavy atom. The van der Waals surface area contributed by atoms with Gasteiger partial charge in [-0.25, -0.2) is 4.79 Å². The highest BCUT2D eigenvalue weighted by Crippen LogP contribution is 2.29. The highest BCUT2D eigenvalue weighted by atomic mass is 32.1. The normalized spacial score (nSPS) is 10.5. The smallest absolute Gasteiger partial charge is 0.341 e. The Morgan fingerprint density at radius 3 is 2.59 bits per heavy atom. The van der Waals surface area contributed by atoms with Crippen LogP contribution >= 0.6 is 11.3 Å². The number of rotatable bonds is 9. The average molecular weight is 390 g/mol. The number of ether oxygens (including phenoxy) is 2. The Labute approximate surface area is 164 Å². The second kappa shape index (κ2) is 10.1. The molecule has 2 aromatic rings. The summed E-state index contributed by atoms with van der Waals surface area (Å²) in [5, 5.41) is 3.41. The van der Waals surface area contributed by atoms with Gasteiger partial charge in [0.2, 0.25) is 5.91 Å². The molecule has 0 saturated heterocycles. The number of hydrogen-bond acceptors (Lipinski definition) is 5. The van der Waals surface area contributed by atoms with Gasteiger partial charge < -0.3 is 14.8 Å². The molecule has 0 saturated carbocycles. The van der Waals surface area contributed by atoms with E-state index in [4.69, 9.17) is 9.47 Å². The Kier molecular flexibility index (Phi) is 7.85. The second-order valence-corrected chi connectivity index (χ2v) is 7.44. The van der Waals surface area contributed by atoms with Gasteiger partial charge in [-0.15, -0.1) is 11.3 Å². The molecule has 1 aromatic carbocycles. The van der Waals surface area contributed by atoms with E-state index < -0.39 is 5.97 Å². The molecular formula is C21H27NO4S. The van der Waals surface area contributed by atoms with E-state index in [2.05, 4.69) is 11.4 Å². The summed E-state index contributed by atoms with van der Waals surface area (Å²) in [6.07, 6.45) is 1.73. The minimum absolute atomic E-state index is 0.130. The first-order valence-electron chi connectivity index (χ1n) is 9.24. The molecular weight excluding hydrogens is 362 g/mol. The van der Waals surface area contributed by atoms with Crippen LogP contribution in [0.15, 0.2) is 24.3 Å². The van der Waals surface area contributed by atoms with E-state index in [1.165, 1.54) is 16.9 Å². The summed E-state index contributed by atoms with van der Waals surface area (Å²) >= 11 is 1.42. The van der Waals surface area contributed by atoms with Gasteiger partial charge in [-0.1, -0.05) is 24.6 Å². The van der Waals surface area contributed by atoms with Crippen LogP contribution in [-0.4, -0.2) is 25.1 Å². The summed E-state index contributed by atoms with van der Waals surface area (Å²) in [7, 11) is 0. The first kappa shape index (κ1) is 21.0. The van der Waals surface area contributed by atoms with Crippen molar-refractivity contribution in [3.63, 3.8) is 0 Å². The van der Waals surface area contributed by atoms with Gasteiger partial charge in [0.15, 0.2) is 0 Å². The lowest BCUT2D eigenvalue weighted by molar-refractivity contribution is -0.116. The summed E-state index contributed by atoms with van der Waals surface area (Å²) < 4.78 is 10.8. The Balaban J connectivity index is 1.86. The van der Waals surface area contributed by atoms with Crippen LogP contribution in [0.25, 0.3) is 0 Å². The van der Waals surface area contributed by atoms with Gasteiger partial charge in [0.25, 0.3) is 0 Å². The van der Waals surface area contributed by atoms with Crippen LogP contribution in [0.4, 0.5) is 5.00 Å². The van der Waals surface area contributed by atoms with E-state index in [0.29, 0.717) is 36.6 Å². The van der Waals surface area contributed by atoms with E-state index >= 15 is 0 Å². The molecule has 27 heavy (non-hydrogen) atoms. The van der Waals surface area contributed by atoms with Gasteiger partial charge in [0.05, 0.1) is 18.8 Å². The van der Waals surface area contributed by atoms with E-state index in [1.807, 2.05) is 32.9 Å². The number of carbonyl (C=O) groups is 2. The summed E-state index contributed by atoms with van der Waals surface area (Å²) in [5.74, 6) is 0.313. The van der Waals surface area contributed by atoms with Crippen LogP contribution in [0, 0.1) is 13.8 Å². The van der Waals surface area contributed by atoms with E-state index in [-0.39, 0.29) is 5.91 Å². The van der Waals surface area contributed by atoms with Gasteiger partial charge >= 0.3 is 5.97 Å². The molecule has 0 spiro atoms. The fourth-order valence-corrected chi connectivity index (χ4v) is 3.64. The molecule has 5 nitrogen and oxygen atoms in total. The average Bonchev–Trinajstić information content (AvgIpc) is 3.03. The first-order valence-corrected chi connectivity index (χ1v) is 10.1. The topological polar surface area (TPSA) is 64.6 Å². The third-order valence-corrected chi connectivity index (χ3v) is 5.21. The van der Waals surface area contributed by atoms with Crippen molar-refractivity contribution in [2.24, 2.45) is 0 Å². The number of amides is 1. The van der Waals surface area contributed by atoms with Crippen molar-refractivity contribution < 1.29 is 19.1 Å². The lowest BCUT2D eigenvalue weighted by Gasteiger charge is -2.10. The molecule has 146 valence electrons. The highest BCUT2D eigenvalue weighted by molar-refractivity contribution is 7.16. The maximum atomic E-state index is 12.3. The number of benzene rings is 1. The maximum absolute atomic E-state index is 12.3. The molecule has 1 aromatic heterocycles. The van der Waals surface area contributed by atoms with Crippen LogP contribution < -0.4 is 10.1 Å². The number of carbonyl (C=O) groups excluding carboxylic acids is 2. The highest BCUT2D eigenvalue weighted by Gasteiger charge is 2.18. The summed E-state index contributed by atoms with van der Waals surface area (Å²) in [6, 6.07) is 7.82. The van der Waals surface area contributed by atoms with Crippen molar-refractivity contribution >= 4 is 28.2 Å². The lowest BCUT2D eigenvalue weighted by Crippen LogP contribution is -2.15. The van der Waals surface area contributed by atoms with Crippen LogP contribution in [0.1, 0.15) is 53.1 Å². The van der Waals surface area contributed by atoms with Crippen molar-refractivity contribution in [2.45, 2.75) is 47.0 Å². The molecule has 6 heteroatoms. The zero-order chi connectivity index (χ0) is 19.8. The number of hydrogen-bond donors (Lipinski definition) is 1. The summed E-state index contributed by atoms with van der Waals surface area (Å²) in [6.45, 7) is 8.59. The largest absolute Gasteiger partial charge is 0.493 e. The maximum Gasteiger partial charge on any atom is 0.341 e. The van der Waals surface area contributed by atoms with E-state index in [1.54, 1.807) is 13.0 Å². The Bertz CT molecular complexity index is 797. The SMILES string of the molecule is CCOC(=O)c1cc(CC)sc1NC(=O)CCCOc1ccc(C)cc1C. The molecule has 0 aliphatic carbocycles. The molecule has 1 heterocycles. The predicted octanol–water partition coefficient (Wildman–Crippen LogP) is 4.90. The molecule has 0 atom stereocenters. The number of thiophene rings is 1. The third kappa shape index (κ3) is 6.10. The fourth-order valence-electron chi connectivity index (χ4n) is 2.63.